The first kappa shape index (κ1) is 41.0. The fraction of sp³-hybridized carbons (Fsp3) is 0.432. The van der Waals surface area contributed by atoms with E-state index < -0.39 is 57.0 Å². The molecule has 1 fully saturated rings. The third-order valence-electron chi connectivity index (χ3n) is 8.82. The number of aromatic nitrogens is 1. The number of anilines is 2. The molecule has 0 spiro atoms. The lowest BCUT2D eigenvalue weighted by Crippen LogP contribution is -2.44. The number of amides is 2. The Labute approximate surface area is 308 Å². The third-order valence-corrected chi connectivity index (χ3v) is 9.19. The molecular formula is C37H39F6N5O4S. The van der Waals surface area contributed by atoms with Crippen molar-refractivity contribution in [2.45, 2.75) is 78.6 Å². The van der Waals surface area contributed by atoms with E-state index in [2.05, 4.69) is 10.3 Å². The molecule has 1 N–H and O–H groups in total. The van der Waals surface area contributed by atoms with E-state index in [1.54, 1.807) is 0 Å². The van der Waals surface area contributed by atoms with Crippen LogP contribution >= 0.6 is 12.2 Å². The van der Waals surface area contributed by atoms with Gasteiger partial charge in [0.1, 0.15) is 23.4 Å². The van der Waals surface area contributed by atoms with Crippen molar-refractivity contribution in [1.82, 2.24) is 10.3 Å². The van der Waals surface area contributed by atoms with Gasteiger partial charge in [-0.25, -0.2) is 13.2 Å². The molecule has 2 heterocycles. The van der Waals surface area contributed by atoms with Crippen molar-refractivity contribution in [2.75, 3.05) is 29.6 Å². The molecule has 1 unspecified atom stereocenters. The molecule has 0 bridgehead atoms. The number of alkyl halides is 3. The van der Waals surface area contributed by atoms with Crippen molar-refractivity contribution in [3.05, 3.63) is 71.2 Å². The first-order chi connectivity index (χ1) is 24.7. The van der Waals surface area contributed by atoms with Crippen LogP contribution in [0.3, 0.4) is 0 Å². The molecule has 1 aliphatic heterocycles. The number of hydrogen-bond acceptors (Lipinski definition) is 7. The van der Waals surface area contributed by atoms with Crippen LogP contribution in [0, 0.1) is 34.2 Å². The number of ether oxygens (including phenoxy) is 2. The number of nitrogens with one attached hydrogen (secondary N) is 1. The summed E-state index contributed by atoms with van der Waals surface area (Å²) in [6, 6.07) is 7.61. The Kier molecular flexibility index (Phi) is 12.5. The highest BCUT2D eigenvalue weighted by Gasteiger charge is 2.52. The molecule has 0 radical (unpaired) electrons. The molecule has 2 aromatic carbocycles. The predicted molar refractivity (Wildman–Crippen MR) is 190 cm³/mol. The average molecular weight is 764 g/mol. The zero-order valence-corrected chi connectivity index (χ0v) is 30.8. The van der Waals surface area contributed by atoms with Crippen LogP contribution in [0.5, 0.6) is 5.75 Å². The van der Waals surface area contributed by atoms with Gasteiger partial charge in [-0.3, -0.25) is 19.5 Å². The van der Waals surface area contributed by atoms with Crippen molar-refractivity contribution in [1.29, 1.82) is 5.26 Å². The van der Waals surface area contributed by atoms with Crippen molar-refractivity contribution < 1.29 is 45.4 Å². The monoisotopic (exact) mass is 763 g/mol. The predicted octanol–water partition coefficient (Wildman–Crippen LogP) is 8.09. The Hall–Kier alpha value is -4.75. The maximum absolute atomic E-state index is 15.5. The van der Waals surface area contributed by atoms with Gasteiger partial charge in [-0.2, -0.15) is 18.4 Å². The number of benzene rings is 2. The SMILES string of the molecule is CC(NC(=O)COCCCCCOc1ccc(-c2ncc(N3C(=S)N(c4ccc(C#N)c(C(F)(F)F)c4F)C(=O)C3(C)C)cc2F)cc1F)C(C)(C)C. The van der Waals surface area contributed by atoms with Crippen molar-refractivity contribution >= 4 is 40.5 Å². The Morgan fingerprint density at radius 1 is 1.04 bits per heavy atom. The van der Waals surface area contributed by atoms with E-state index in [0.29, 0.717) is 30.8 Å². The van der Waals surface area contributed by atoms with Crippen LogP contribution in [-0.2, 0) is 20.5 Å². The Morgan fingerprint density at radius 3 is 2.32 bits per heavy atom. The summed E-state index contributed by atoms with van der Waals surface area (Å²) in [6.07, 6.45) is -2.14. The first-order valence-electron chi connectivity index (χ1n) is 16.6. The van der Waals surface area contributed by atoms with Gasteiger partial charge in [0.15, 0.2) is 28.3 Å². The van der Waals surface area contributed by atoms with Gasteiger partial charge in [0.05, 0.1) is 35.8 Å². The number of carbonyl (C=O) groups excluding carboxylic acids is 2. The lowest BCUT2D eigenvalue weighted by Gasteiger charge is -2.29. The summed E-state index contributed by atoms with van der Waals surface area (Å²) in [7, 11) is 0. The summed E-state index contributed by atoms with van der Waals surface area (Å²) in [5.41, 5.74) is -5.62. The molecule has 1 atom stereocenters. The number of pyridine rings is 1. The number of rotatable bonds is 13. The summed E-state index contributed by atoms with van der Waals surface area (Å²) >= 11 is 5.40. The van der Waals surface area contributed by atoms with Gasteiger partial charge in [-0.05, 0) is 88.0 Å². The fourth-order valence-corrected chi connectivity index (χ4v) is 5.92. The Balaban J connectivity index is 1.38. The number of hydrogen-bond donors (Lipinski definition) is 1. The van der Waals surface area contributed by atoms with E-state index in [-0.39, 0.29) is 53.3 Å². The van der Waals surface area contributed by atoms with Gasteiger partial charge in [0.2, 0.25) is 5.91 Å². The van der Waals surface area contributed by atoms with Crippen LogP contribution in [0.1, 0.15) is 71.9 Å². The molecule has 2 amide bonds. The quantitative estimate of drug-likeness (QED) is 0.106. The van der Waals surface area contributed by atoms with E-state index in [0.717, 1.165) is 35.4 Å². The number of unbranched alkanes of at least 4 members (excludes halogenated alkanes) is 2. The molecule has 9 nitrogen and oxygen atoms in total. The number of nitrogens with zero attached hydrogens (tertiary/aromatic N) is 4. The van der Waals surface area contributed by atoms with Gasteiger partial charge in [0.25, 0.3) is 5.91 Å². The van der Waals surface area contributed by atoms with Crippen LogP contribution in [0.25, 0.3) is 11.3 Å². The van der Waals surface area contributed by atoms with Crippen LogP contribution in [-0.4, -0.2) is 53.3 Å². The minimum absolute atomic E-state index is 0.00389. The van der Waals surface area contributed by atoms with Gasteiger partial charge < -0.3 is 19.7 Å². The second kappa shape index (κ2) is 16.1. The summed E-state index contributed by atoms with van der Waals surface area (Å²) in [6.45, 7) is 11.3. The number of carbonyl (C=O) groups is 2. The summed E-state index contributed by atoms with van der Waals surface area (Å²) < 4.78 is 97.8. The maximum Gasteiger partial charge on any atom is 0.420 e. The normalized spacial score (nSPS) is 15.1. The van der Waals surface area contributed by atoms with E-state index in [1.165, 1.54) is 32.0 Å². The van der Waals surface area contributed by atoms with E-state index in [4.69, 9.17) is 27.0 Å². The number of nitriles is 1. The molecule has 3 aromatic rings. The molecule has 284 valence electrons. The van der Waals surface area contributed by atoms with Crippen LogP contribution in [0.2, 0.25) is 0 Å². The minimum Gasteiger partial charge on any atom is -0.491 e. The highest BCUT2D eigenvalue weighted by molar-refractivity contribution is 7.81. The van der Waals surface area contributed by atoms with E-state index >= 15 is 8.78 Å². The van der Waals surface area contributed by atoms with Gasteiger partial charge in [-0.1, -0.05) is 20.8 Å². The Bertz CT molecular complexity index is 1920. The highest BCUT2D eigenvalue weighted by Crippen LogP contribution is 2.42. The largest absolute Gasteiger partial charge is 0.491 e. The fourth-order valence-electron chi connectivity index (χ4n) is 5.41. The summed E-state index contributed by atoms with van der Waals surface area (Å²) in [5.74, 6) is -4.73. The standard InChI is InChI=1S/C37H39F6N5O4S/c1-21(35(2,3)4)46-29(49)20-51-14-8-7-9-15-52-28-13-11-22(16-25(28)38)32-26(39)17-24(19-45-32)48-34(53)47(33(50)36(48,5)6)27-12-10-23(18-44)30(31(27)40)37(41,42)43/h10-13,16-17,19,21H,7-9,14-15,20H2,1-6H3,(H,46,49). The second-order valence-corrected chi connectivity index (χ2v) is 14.4. The van der Waals surface area contributed by atoms with Gasteiger partial charge >= 0.3 is 6.18 Å². The number of thiocarbonyl (C=S) groups is 1. The maximum atomic E-state index is 15.5. The van der Waals surface area contributed by atoms with E-state index in [9.17, 15) is 27.2 Å². The zero-order valence-electron chi connectivity index (χ0n) is 30.0. The molecule has 1 aliphatic rings. The number of halogens is 6. The molecule has 1 saturated heterocycles. The molecular weight excluding hydrogens is 724 g/mol. The van der Waals surface area contributed by atoms with Gasteiger partial charge in [0, 0.05) is 24.3 Å². The smallest absolute Gasteiger partial charge is 0.420 e. The zero-order chi connectivity index (χ0) is 39.5. The molecule has 16 heteroatoms. The third kappa shape index (κ3) is 9.08. The van der Waals surface area contributed by atoms with Crippen LogP contribution in [0.4, 0.5) is 37.7 Å². The highest BCUT2D eigenvalue weighted by atomic mass is 32.1. The van der Waals surface area contributed by atoms with Crippen molar-refractivity contribution in [3.63, 3.8) is 0 Å². The van der Waals surface area contributed by atoms with Crippen molar-refractivity contribution in [3.8, 4) is 23.1 Å². The van der Waals surface area contributed by atoms with Crippen molar-refractivity contribution in [2.24, 2.45) is 5.41 Å². The van der Waals surface area contributed by atoms with Crippen LogP contribution in [0.15, 0.2) is 42.6 Å². The topological polar surface area (TPSA) is 108 Å². The summed E-state index contributed by atoms with van der Waals surface area (Å²) in [4.78, 5) is 31.3. The minimum atomic E-state index is -5.25. The van der Waals surface area contributed by atoms with Gasteiger partial charge in [-0.15, -0.1) is 0 Å². The van der Waals surface area contributed by atoms with E-state index in [1.807, 2.05) is 27.7 Å². The molecule has 53 heavy (non-hydrogen) atoms. The molecule has 1 aromatic heterocycles. The first-order valence-corrected chi connectivity index (χ1v) is 17.0. The molecule has 0 aliphatic carbocycles. The summed E-state index contributed by atoms with van der Waals surface area (Å²) in [5, 5.41) is 11.5. The van der Waals surface area contributed by atoms with Crippen LogP contribution < -0.4 is 19.9 Å². The lowest BCUT2D eigenvalue weighted by molar-refractivity contribution is -0.140. The second-order valence-electron chi connectivity index (χ2n) is 14.0. The lowest BCUT2D eigenvalue weighted by atomic mass is 9.88. The average Bonchev–Trinajstić information content (AvgIpc) is 3.23. The molecule has 0 saturated carbocycles. The molecule has 4 rings (SSSR count). The Morgan fingerprint density at radius 2 is 1.72 bits per heavy atom.